The summed E-state index contributed by atoms with van der Waals surface area (Å²) in [7, 11) is 0. The standard InChI is InChI=1S/C13H16N2O2S2/c16-12(17)8-15-9-14(10-19-13(15)18)7-6-11-4-2-1-3-5-11/h1-5H,6-10H2,(H,16,17). The number of thioether (sulfide) groups is 1. The van der Waals surface area contributed by atoms with E-state index in [1.54, 1.807) is 4.90 Å². The molecule has 102 valence electrons. The summed E-state index contributed by atoms with van der Waals surface area (Å²) < 4.78 is 0.679. The Labute approximate surface area is 122 Å². The predicted molar refractivity (Wildman–Crippen MR) is 81.1 cm³/mol. The van der Waals surface area contributed by atoms with Gasteiger partial charge in [-0.25, -0.2) is 0 Å². The van der Waals surface area contributed by atoms with Crippen LogP contribution >= 0.6 is 24.0 Å². The van der Waals surface area contributed by atoms with Gasteiger partial charge in [-0.3, -0.25) is 9.69 Å². The summed E-state index contributed by atoms with van der Waals surface area (Å²) in [6.45, 7) is 1.49. The van der Waals surface area contributed by atoms with Crippen LogP contribution in [0.1, 0.15) is 5.56 Å². The van der Waals surface area contributed by atoms with Crippen molar-refractivity contribution in [1.29, 1.82) is 0 Å². The highest BCUT2D eigenvalue weighted by molar-refractivity contribution is 8.22. The van der Waals surface area contributed by atoms with Crippen LogP contribution in [0, 0.1) is 0 Å². The molecule has 0 unspecified atom stereocenters. The first-order chi connectivity index (χ1) is 9.15. The van der Waals surface area contributed by atoms with Crippen molar-refractivity contribution >= 4 is 34.3 Å². The normalized spacial score (nSPS) is 16.6. The molecule has 0 saturated carbocycles. The van der Waals surface area contributed by atoms with Crippen LogP contribution in [0.4, 0.5) is 0 Å². The Hall–Kier alpha value is -1.11. The van der Waals surface area contributed by atoms with Gasteiger partial charge in [0.1, 0.15) is 10.9 Å². The van der Waals surface area contributed by atoms with E-state index < -0.39 is 5.97 Å². The molecule has 0 bridgehead atoms. The highest BCUT2D eigenvalue weighted by atomic mass is 32.2. The lowest BCUT2D eigenvalue weighted by atomic mass is 10.1. The molecule has 19 heavy (non-hydrogen) atoms. The summed E-state index contributed by atoms with van der Waals surface area (Å²) in [5.41, 5.74) is 1.30. The van der Waals surface area contributed by atoms with Gasteiger partial charge in [0.2, 0.25) is 0 Å². The van der Waals surface area contributed by atoms with Crippen molar-refractivity contribution in [3.8, 4) is 0 Å². The van der Waals surface area contributed by atoms with Crippen LogP contribution in [0.15, 0.2) is 30.3 Å². The number of thiocarbonyl (C=S) groups is 1. The van der Waals surface area contributed by atoms with E-state index in [9.17, 15) is 4.79 Å². The molecule has 0 atom stereocenters. The van der Waals surface area contributed by atoms with Gasteiger partial charge in [0.15, 0.2) is 0 Å². The summed E-state index contributed by atoms with van der Waals surface area (Å²) >= 11 is 6.71. The van der Waals surface area contributed by atoms with Gasteiger partial charge in [-0.05, 0) is 12.0 Å². The maximum absolute atomic E-state index is 10.8. The Kier molecular flexibility index (Phi) is 5.18. The van der Waals surface area contributed by atoms with Gasteiger partial charge < -0.3 is 10.0 Å². The minimum atomic E-state index is -0.840. The molecule has 1 aromatic rings. The van der Waals surface area contributed by atoms with Crippen LogP contribution in [0.3, 0.4) is 0 Å². The molecular formula is C13H16N2O2S2. The Morgan fingerprint density at radius 1 is 1.37 bits per heavy atom. The van der Waals surface area contributed by atoms with Gasteiger partial charge in [-0.2, -0.15) is 0 Å². The number of carboxylic acid groups (broad SMARTS) is 1. The van der Waals surface area contributed by atoms with E-state index in [1.807, 2.05) is 18.2 Å². The number of hydrogen-bond acceptors (Lipinski definition) is 4. The molecule has 2 rings (SSSR count). The summed E-state index contributed by atoms with van der Waals surface area (Å²) in [5.74, 6) is -0.00484. The number of hydrogen-bond donors (Lipinski definition) is 1. The van der Waals surface area contributed by atoms with E-state index in [0.29, 0.717) is 11.0 Å². The summed E-state index contributed by atoms with van der Waals surface area (Å²) in [6, 6.07) is 10.3. The van der Waals surface area contributed by atoms with Gasteiger partial charge >= 0.3 is 5.97 Å². The summed E-state index contributed by atoms with van der Waals surface area (Å²) in [6.07, 6.45) is 0.967. The summed E-state index contributed by atoms with van der Waals surface area (Å²) in [5, 5.41) is 8.85. The number of nitrogens with zero attached hydrogens (tertiary/aromatic N) is 2. The zero-order valence-corrected chi connectivity index (χ0v) is 12.1. The Morgan fingerprint density at radius 3 is 2.79 bits per heavy atom. The molecule has 1 saturated heterocycles. The molecule has 1 aromatic carbocycles. The quantitative estimate of drug-likeness (QED) is 0.837. The lowest BCUT2D eigenvalue weighted by Crippen LogP contribution is -2.47. The molecule has 1 aliphatic rings. The van der Waals surface area contributed by atoms with Crippen molar-refractivity contribution in [3.63, 3.8) is 0 Å². The van der Waals surface area contributed by atoms with Gasteiger partial charge in [-0.15, -0.1) is 0 Å². The first-order valence-electron chi connectivity index (χ1n) is 6.05. The highest BCUT2D eigenvalue weighted by Crippen LogP contribution is 2.18. The van der Waals surface area contributed by atoms with Crippen molar-refractivity contribution in [2.75, 3.05) is 25.6 Å². The first kappa shape index (κ1) is 14.3. The lowest BCUT2D eigenvalue weighted by molar-refractivity contribution is -0.137. The van der Waals surface area contributed by atoms with Gasteiger partial charge in [0.05, 0.1) is 12.5 Å². The van der Waals surface area contributed by atoms with E-state index in [-0.39, 0.29) is 6.54 Å². The second kappa shape index (κ2) is 6.88. The SMILES string of the molecule is O=C(O)CN1CN(CCc2ccccc2)CSC1=S. The molecule has 0 spiro atoms. The Bertz CT molecular complexity index is 453. The molecule has 0 radical (unpaired) electrons. The fraction of sp³-hybridized carbons (Fsp3) is 0.385. The molecule has 0 aliphatic carbocycles. The minimum absolute atomic E-state index is 0.0202. The number of carbonyl (C=O) groups is 1. The number of aliphatic carboxylic acids is 1. The third kappa shape index (κ3) is 4.49. The zero-order chi connectivity index (χ0) is 13.7. The van der Waals surface area contributed by atoms with Crippen molar-refractivity contribution in [3.05, 3.63) is 35.9 Å². The van der Waals surface area contributed by atoms with Crippen molar-refractivity contribution in [2.45, 2.75) is 6.42 Å². The maximum Gasteiger partial charge on any atom is 0.323 e. The first-order valence-corrected chi connectivity index (χ1v) is 7.44. The Morgan fingerprint density at radius 2 is 2.11 bits per heavy atom. The monoisotopic (exact) mass is 296 g/mol. The van der Waals surface area contributed by atoms with Crippen LogP contribution in [0.5, 0.6) is 0 Å². The smallest absolute Gasteiger partial charge is 0.323 e. The molecule has 1 N–H and O–H groups in total. The predicted octanol–water partition coefficient (Wildman–Crippen LogP) is 1.86. The molecule has 1 heterocycles. The van der Waals surface area contributed by atoms with E-state index in [2.05, 4.69) is 17.0 Å². The minimum Gasteiger partial charge on any atom is -0.480 e. The van der Waals surface area contributed by atoms with Crippen LogP contribution in [0.2, 0.25) is 0 Å². The molecule has 1 aliphatic heterocycles. The van der Waals surface area contributed by atoms with Crippen LogP contribution < -0.4 is 0 Å². The third-order valence-corrected chi connectivity index (χ3v) is 4.50. The molecule has 4 nitrogen and oxygen atoms in total. The van der Waals surface area contributed by atoms with E-state index in [4.69, 9.17) is 17.3 Å². The maximum atomic E-state index is 10.8. The van der Waals surface area contributed by atoms with Crippen molar-refractivity contribution < 1.29 is 9.90 Å². The number of benzene rings is 1. The second-order valence-electron chi connectivity index (χ2n) is 4.40. The summed E-state index contributed by atoms with van der Waals surface area (Å²) in [4.78, 5) is 14.7. The van der Waals surface area contributed by atoms with Crippen LogP contribution in [0.25, 0.3) is 0 Å². The molecule has 0 amide bonds. The largest absolute Gasteiger partial charge is 0.480 e. The zero-order valence-electron chi connectivity index (χ0n) is 10.5. The van der Waals surface area contributed by atoms with Gasteiger partial charge in [0.25, 0.3) is 0 Å². The number of carboxylic acids is 1. The molecule has 1 fully saturated rings. The van der Waals surface area contributed by atoms with Gasteiger partial charge in [0, 0.05) is 6.54 Å². The average molecular weight is 296 g/mol. The van der Waals surface area contributed by atoms with E-state index in [1.165, 1.54) is 17.3 Å². The average Bonchev–Trinajstić information content (AvgIpc) is 2.40. The fourth-order valence-corrected chi connectivity index (χ4v) is 3.01. The highest BCUT2D eigenvalue weighted by Gasteiger charge is 2.22. The molecule has 0 aromatic heterocycles. The third-order valence-electron chi connectivity index (χ3n) is 2.89. The van der Waals surface area contributed by atoms with E-state index in [0.717, 1.165) is 18.8 Å². The second-order valence-corrected chi connectivity index (χ2v) is 5.98. The fourth-order valence-electron chi connectivity index (χ4n) is 1.92. The number of rotatable bonds is 5. The topological polar surface area (TPSA) is 43.8 Å². The molecule has 6 heteroatoms. The Balaban J connectivity index is 1.84. The van der Waals surface area contributed by atoms with Gasteiger partial charge in [-0.1, -0.05) is 54.3 Å². The van der Waals surface area contributed by atoms with Crippen molar-refractivity contribution in [2.24, 2.45) is 0 Å². The molecular weight excluding hydrogens is 280 g/mol. The lowest BCUT2D eigenvalue weighted by Gasteiger charge is -2.35. The van der Waals surface area contributed by atoms with E-state index >= 15 is 0 Å². The van der Waals surface area contributed by atoms with Crippen LogP contribution in [-0.4, -0.2) is 50.8 Å². The van der Waals surface area contributed by atoms with Crippen LogP contribution in [-0.2, 0) is 11.2 Å². The van der Waals surface area contributed by atoms with Crippen molar-refractivity contribution in [1.82, 2.24) is 9.80 Å².